The number of hydrogen-bond donors (Lipinski definition) is 2. The fraction of sp³-hybridized carbons (Fsp3) is 0.522. The quantitative estimate of drug-likeness (QED) is 0.558. The number of nitrogen functional groups attached to an aromatic ring is 1. The monoisotopic (exact) mass is 458 g/mol. The molecule has 9 heteroatoms. The number of aromatic nitrogens is 4. The molecule has 1 aliphatic rings. The van der Waals surface area contributed by atoms with Gasteiger partial charge in [0.1, 0.15) is 17.9 Å². The van der Waals surface area contributed by atoms with E-state index in [9.17, 15) is 5.11 Å². The van der Waals surface area contributed by atoms with E-state index in [1.54, 1.807) is 0 Å². The van der Waals surface area contributed by atoms with Crippen molar-refractivity contribution in [1.29, 1.82) is 0 Å². The lowest BCUT2D eigenvalue weighted by Gasteiger charge is -2.42. The average molecular weight is 459 g/mol. The highest BCUT2D eigenvalue weighted by atomic mass is 35.5. The Hall–Kier alpha value is -2.42. The first-order valence-corrected chi connectivity index (χ1v) is 11.4. The summed E-state index contributed by atoms with van der Waals surface area (Å²) < 4.78 is 8.11. The molecule has 8 nitrogen and oxygen atoms in total. The number of hydrogen-bond acceptors (Lipinski definition) is 7. The molecule has 4 rings (SSSR count). The van der Waals surface area contributed by atoms with Crippen molar-refractivity contribution < 1.29 is 9.84 Å². The molecule has 0 bridgehead atoms. The number of aryl methyl sites for hydroxylation is 1. The third-order valence-corrected chi connectivity index (χ3v) is 6.63. The standard InChI is InChI=1S/C23H31ClN6O2/c1-6-32-21-17(15(5)30-23-20(14(4)28-30)22(25)26-11-27-23)7-18(24)13(3)19(21)16-9-29(10-16)8-12(2)31/h7,11-12,15-16,31H,6,8-10H2,1-5H3,(H2,25,26,27). The van der Waals surface area contributed by atoms with Crippen LogP contribution < -0.4 is 10.5 Å². The first-order chi connectivity index (χ1) is 15.2. The molecule has 3 heterocycles. The van der Waals surface area contributed by atoms with Gasteiger partial charge in [-0.1, -0.05) is 11.6 Å². The number of likely N-dealkylation sites (tertiary alicyclic amines) is 1. The van der Waals surface area contributed by atoms with Gasteiger partial charge in [0.25, 0.3) is 0 Å². The highest BCUT2D eigenvalue weighted by Gasteiger charge is 2.34. The topological polar surface area (TPSA) is 102 Å². The number of nitrogens with two attached hydrogens (primary N) is 1. The van der Waals surface area contributed by atoms with E-state index in [1.165, 1.54) is 6.33 Å². The van der Waals surface area contributed by atoms with Crippen LogP contribution >= 0.6 is 11.6 Å². The number of aliphatic hydroxyl groups is 1. The van der Waals surface area contributed by atoms with E-state index in [-0.39, 0.29) is 12.1 Å². The number of anilines is 1. The highest BCUT2D eigenvalue weighted by molar-refractivity contribution is 6.31. The van der Waals surface area contributed by atoms with Gasteiger partial charge in [-0.2, -0.15) is 5.10 Å². The normalized spacial score (nSPS) is 16.8. The second-order valence-corrected chi connectivity index (χ2v) is 9.08. The van der Waals surface area contributed by atoms with Gasteiger partial charge in [0.05, 0.1) is 29.8 Å². The molecular formula is C23H31ClN6O2. The maximum Gasteiger partial charge on any atom is 0.164 e. The molecule has 2 aromatic heterocycles. The number of aliphatic hydroxyl groups excluding tert-OH is 1. The highest BCUT2D eigenvalue weighted by Crippen LogP contribution is 2.44. The Morgan fingerprint density at radius 3 is 2.66 bits per heavy atom. The number of benzene rings is 1. The van der Waals surface area contributed by atoms with Crippen LogP contribution in [0.2, 0.25) is 5.02 Å². The molecule has 0 saturated carbocycles. The number of ether oxygens (including phenoxy) is 1. The average Bonchev–Trinajstić information content (AvgIpc) is 3.05. The summed E-state index contributed by atoms with van der Waals surface area (Å²) in [5, 5.41) is 15.9. The van der Waals surface area contributed by atoms with Crippen molar-refractivity contribution in [3.8, 4) is 5.75 Å². The fourth-order valence-electron chi connectivity index (χ4n) is 4.72. The largest absolute Gasteiger partial charge is 0.493 e. The first kappa shape index (κ1) is 22.8. The number of fused-ring (bicyclic) bond motifs is 1. The Morgan fingerprint density at radius 1 is 1.28 bits per heavy atom. The lowest BCUT2D eigenvalue weighted by molar-refractivity contribution is 0.0730. The SMILES string of the molecule is CCOc1c(C(C)n2nc(C)c3c(N)ncnc32)cc(Cl)c(C)c1C1CN(CC(C)O)C1. The summed E-state index contributed by atoms with van der Waals surface area (Å²) in [5.41, 5.74) is 10.7. The molecule has 1 aliphatic heterocycles. The summed E-state index contributed by atoms with van der Waals surface area (Å²) in [6.07, 6.45) is 1.12. The van der Waals surface area contributed by atoms with Crippen LogP contribution in [0.4, 0.5) is 5.82 Å². The van der Waals surface area contributed by atoms with Crippen LogP contribution in [0.25, 0.3) is 11.0 Å². The van der Waals surface area contributed by atoms with Gasteiger partial charge in [-0.25, -0.2) is 14.6 Å². The van der Waals surface area contributed by atoms with Gasteiger partial charge in [0.2, 0.25) is 0 Å². The van der Waals surface area contributed by atoms with Crippen molar-refractivity contribution in [3.63, 3.8) is 0 Å². The van der Waals surface area contributed by atoms with Crippen LogP contribution in [0.5, 0.6) is 5.75 Å². The van der Waals surface area contributed by atoms with Crippen LogP contribution in [0.15, 0.2) is 12.4 Å². The second kappa shape index (κ2) is 8.84. The molecule has 1 saturated heterocycles. The van der Waals surface area contributed by atoms with Gasteiger partial charge < -0.3 is 15.6 Å². The van der Waals surface area contributed by atoms with E-state index in [1.807, 2.05) is 38.4 Å². The molecule has 3 aromatic rings. The molecular weight excluding hydrogens is 428 g/mol. The number of nitrogens with zero attached hydrogens (tertiary/aromatic N) is 5. The summed E-state index contributed by atoms with van der Waals surface area (Å²) in [4.78, 5) is 10.8. The fourth-order valence-corrected chi connectivity index (χ4v) is 4.94. The van der Waals surface area contributed by atoms with Gasteiger partial charge in [-0.15, -0.1) is 0 Å². The minimum Gasteiger partial charge on any atom is -0.493 e. The van der Waals surface area contributed by atoms with E-state index in [0.29, 0.717) is 35.6 Å². The predicted molar refractivity (Wildman–Crippen MR) is 127 cm³/mol. The molecule has 0 spiro atoms. The Bertz CT molecular complexity index is 1140. The van der Waals surface area contributed by atoms with Crippen molar-refractivity contribution in [2.75, 3.05) is 32.0 Å². The zero-order valence-corrected chi connectivity index (χ0v) is 20.0. The summed E-state index contributed by atoms with van der Waals surface area (Å²) >= 11 is 6.73. The molecule has 172 valence electrons. The minimum atomic E-state index is -0.343. The molecule has 1 fully saturated rings. The van der Waals surface area contributed by atoms with Crippen LogP contribution in [-0.2, 0) is 0 Å². The lowest BCUT2D eigenvalue weighted by atomic mass is 9.85. The first-order valence-electron chi connectivity index (χ1n) is 11.0. The lowest BCUT2D eigenvalue weighted by Crippen LogP contribution is -2.48. The Kier molecular flexibility index (Phi) is 6.29. The van der Waals surface area contributed by atoms with Crippen LogP contribution in [0, 0.1) is 13.8 Å². The molecule has 32 heavy (non-hydrogen) atoms. The molecule has 3 N–H and O–H groups in total. The molecule has 0 aliphatic carbocycles. The van der Waals surface area contributed by atoms with E-state index < -0.39 is 0 Å². The molecule has 0 amide bonds. The zero-order valence-electron chi connectivity index (χ0n) is 19.3. The second-order valence-electron chi connectivity index (χ2n) is 8.68. The van der Waals surface area contributed by atoms with Gasteiger partial charge in [-0.3, -0.25) is 4.90 Å². The van der Waals surface area contributed by atoms with Crippen LogP contribution in [-0.4, -0.2) is 62.1 Å². The van der Waals surface area contributed by atoms with Gasteiger partial charge in [-0.05, 0) is 46.2 Å². The van der Waals surface area contributed by atoms with Crippen LogP contribution in [0.3, 0.4) is 0 Å². The number of halogens is 1. The summed E-state index contributed by atoms with van der Waals surface area (Å²) in [7, 11) is 0. The van der Waals surface area contributed by atoms with Gasteiger partial charge in [0.15, 0.2) is 5.65 Å². The van der Waals surface area contributed by atoms with Gasteiger partial charge >= 0.3 is 0 Å². The summed E-state index contributed by atoms with van der Waals surface area (Å²) in [6, 6.07) is 1.81. The third-order valence-electron chi connectivity index (χ3n) is 6.24. The van der Waals surface area contributed by atoms with Crippen molar-refractivity contribution in [3.05, 3.63) is 39.8 Å². The van der Waals surface area contributed by atoms with E-state index >= 15 is 0 Å². The molecule has 2 atom stereocenters. The van der Waals surface area contributed by atoms with Crippen molar-refractivity contribution in [2.24, 2.45) is 0 Å². The van der Waals surface area contributed by atoms with Gasteiger partial charge in [0, 0.05) is 41.7 Å². The van der Waals surface area contributed by atoms with Crippen molar-refractivity contribution in [2.45, 2.75) is 52.7 Å². The summed E-state index contributed by atoms with van der Waals surface area (Å²) in [6.45, 7) is 12.8. The Labute approximate surface area is 193 Å². The predicted octanol–water partition coefficient (Wildman–Crippen LogP) is 3.47. The minimum absolute atomic E-state index is 0.174. The molecule has 0 radical (unpaired) electrons. The Balaban J connectivity index is 1.80. The van der Waals surface area contributed by atoms with E-state index in [0.717, 1.165) is 46.6 Å². The van der Waals surface area contributed by atoms with Crippen molar-refractivity contribution in [1.82, 2.24) is 24.6 Å². The molecule has 2 unspecified atom stereocenters. The Morgan fingerprint density at radius 2 is 2.00 bits per heavy atom. The zero-order chi connectivity index (χ0) is 23.2. The number of β-amino-alcohol motifs (C(OH)–C–C–N with tert-alkyl or cyclic N) is 1. The van der Waals surface area contributed by atoms with E-state index in [4.69, 9.17) is 27.2 Å². The van der Waals surface area contributed by atoms with E-state index in [2.05, 4.69) is 21.8 Å². The maximum atomic E-state index is 9.72. The number of rotatable bonds is 7. The molecule has 1 aromatic carbocycles. The third kappa shape index (κ3) is 3.91. The maximum absolute atomic E-state index is 9.72. The smallest absolute Gasteiger partial charge is 0.164 e. The summed E-state index contributed by atoms with van der Waals surface area (Å²) in [5.74, 6) is 1.59. The van der Waals surface area contributed by atoms with Crippen LogP contribution in [0.1, 0.15) is 55.1 Å². The van der Waals surface area contributed by atoms with Crippen molar-refractivity contribution >= 4 is 28.5 Å².